The van der Waals surface area contributed by atoms with E-state index in [4.69, 9.17) is 11.6 Å². The fourth-order valence-electron chi connectivity index (χ4n) is 3.48. The standard InChI is InChI=1S/C22H24ClN3O2/c1-4-24-26-13-18-17(11-8-12-19(18)23)20(14(26)2)22(28)25-21(15(3)27)16-9-6-5-7-10-16/h5-12,21,24H,4,13H2,1-3H3,(H,25,28)/t21-/m1/s1. The van der Waals surface area contributed by atoms with E-state index in [1.807, 2.05) is 67.4 Å². The maximum Gasteiger partial charge on any atom is 0.254 e. The topological polar surface area (TPSA) is 61.4 Å². The van der Waals surface area contributed by atoms with Gasteiger partial charge in [0.25, 0.3) is 5.91 Å². The van der Waals surface area contributed by atoms with Crippen LogP contribution in [0.2, 0.25) is 5.02 Å². The minimum absolute atomic E-state index is 0.122. The van der Waals surface area contributed by atoms with Crippen LogP contribution in [0.3, 0.4) is 0 Å². The van der Waals surface area contributed by atoms with E-state index in [0.717, 1.165) is 22.4 Å². The Morgan fingerprint density at radius 3 is 2.50 bits per heavy atom. The van der Waals surface area contributed by atoms with E-state index >= 15 is 0 Å². The molecule has 0 bridgehead atoms. The van der Waals surface area contributed by atoms with Crippen molar-refractivity contribution in [1.29, 1.82) is 0 Å². The van der Waals surface area contributed by atoms with Crippen LogP contribution >= 0.6 is 11.6 Å². The van der Waals surface area contributed by atoms with Crippen molar-refractivity contribution in [3.63, 3.8) is 0 Å². The normalized spacial score (nSPS) is 14.5. The number of Topliss-reactive ketones (excluding diaryl/α,β-unsaturated/α-hetero) is 1. The molecule has 3 rings (SSSR count). The third kappa shape index (κ3) is 3.96. The van der Waals surface area contributed by atoms with Crippen molar-refractivity contribution in [2.24, 2.45) is 0 Å². The van der Waals surface area contributed by atoms with Gasteiger partial charge >= 0.3 is 0 Å². The molecule has 2 aromatic carbocycles. The van der Waals surface area contributed by atoms with E-state index in [0.29, 0.717) is 23.7 Å². The lowest BCUT2D eigenvalue weighted by atomic mass is 9.93. The maximum atomic E-state index is 13.3. The second-order valence-corrected chi connectivity index (χ2v) is 7.16. The number of nitrogens with zero attached hydrogens (tertiary/aromatic N) is 1. The lowest BCUT2D eigenvalue weighted by Gasteiger charge is -2.34. The maximum absolute atomic E-state index is 13.3. The van der Waals surface area contributed by atoms with Crippen molar-refractivity contribution in [2.75, 3.05) is 6.54 Å². The van der Waals surface area contributed by atoms with Crippen molar-refractivity contribution in [3.05, 3.63) is 75.9 Å². The molecule has 28 heavy (non-hydrogen) atoms. The number of hydrogen-bond donors (Lipinski definition) is 2. The van der Waals surface area contributed by atoms with Gasteiger partial charge in [-0.1, -0.05) is 61.0 Å². The van der Waals surface area contributed by atoms with Crippen molar-refractivity contribution < 1.29 is 9.59 Å². The van der Waals surface area contributed by atoms with Gasteiger partial charge in [0, 0.05) is 17.3 Å². The molecular weight excluding hydrogens is 374 g/mol. The summed E-state index contributed by atoms with van der Waals surface area (Å²) >= 11 is 6.41. The molecule has 1 atom stereocenters. The summed E-state index contributed by atoms with van der Waals surface area (Å²) in [6, 6.07) is 14.1. The molecule has 146 valence electrons. The Morgan fingerprint density at radius 1 is 1.14 bits per heavy atom. The third-order valence-corrected chi connectivity index (χ3v) is 5.22. The van der Waals surface area contributed by atoms with Gasteiger partial charge in [-0.15, -0.1) is 0 Å². The number of carbonyl (C=O) groups is 2. The zero-order valence-electron chi connectivity index (χ0n) is 16.3. The van der Waals surface area contributed by atoms with E-state index in [1.54, 1.807) is 0 Å². The van der Waals surface area contributed by atoms with Crippen LogP contribution < -0.4 is 10.7 Å². The summed E-state index contributed by atoms with van der Waals surface area (Å²) in [5.74, 6) is -0.420. The summed E-state index contributed by atoms with van der Waals surface area (Å²) in [6.45, 7) is 6.66. The highest BCUT2D eigenvalue weighted by Gasteiger charge is 2.30. The van der Waals surface area contributed by atoms with Gasteiger partial charge in [-0.2, -0.15) is 0 Å². The fourth-order valence-corrected chi connectivity index (χ4v) is 3.71. The van der Waals surface area contributed by atoms with Gasteiger partial charge in [0.05, 0.1) is 12.1 Å². The van der Waals surface area contributed by atoms with Gasteiger partial charge < -0.3 is 10.3 Å². The van der Waals surface area contributed by atoms with E-state index in [2.05, 4.69) is 10.7 Å². The fraction of sp³-hybridized carbons (Fsp3) is 0.273. The molecule has 1 amide bonds. The van der Waals surface area contributed by atoms with E-state index in [9.17, 15) is 9.59 Å². The molecule has 0 saturated heterocycles. The van der Waals surface area contributed by atoms with Crippen LogP contribution in [0.1, 0.15) is 43.5 Å². The van der Waals surface area contributed by atoms with Crippen LogP contribution in [0.15, 0.2) is 54.2 Å². The highest BCUT2D eigenvalue weighted by atomic mass is 35.5. The van der Waals surface area contributed by atoms with E-state index in [1.165, 1.54) is 6.92 Å². The summed E-state index contributed by atoms with van der Waals surface area (Å²) < 4.78 is 0. The first-order valence-corrected chi connectivity index (χ1v) is 9.67. The van der Waals surface area contributed by atoms with Crippen LogP contribution in [0.25, 0.3) is 5.57 Å². The Morgan fingerprint density at radius 2 is 1.86 bits per heavy atom. The van der Waals surface area contributed by atoms with E-state index < -0.39 is 6.04 Å². The zero-order chi connectivity index (χ0) is 20.3. The summed E-state index contributed by atoms with van der Waals surface area (Å²) in [4.78, 5) is 25.5. The number of hydrogen-bond acceptors (Lipinski definition) is 4. The van der Waals surface area contributed by atoms with Crippen LogP contribution in [0.4, 0.5) is 0 Å². The van der Waals surface area contributed by atoms with Crippen LogP contribution in [-0.2, 0) is 16.1 Å². The molecule has 0 saturated carbocycles. The molecule has 2 N–H and O–H groups in total. The number of fused-ring (bicyclic) bond motifs is 1. The number of ketones is 1. The number of hydrazine groups is 1. The number of amides is 1. The van der Waals surface area contributed by atoms with Crippen molar-refractivity contribution in [2.45, 2.75) is 33.4 Å². The number of halogens is 1. The van der Waals surface area contributed by atoms with E-state index in [-0.39, 0.29) is 11.7 Å². The van der Waals surface area contributed by atoms with Gasteiger partial charge in [0.1, 0.15) is 6.04 Å². The van der Waals surface area contributed by atoms with Crippen LogP contribution in [-0.4, -0.2) is 23.2 Å². The smallest absolute Gasteiger partial charge is 0.254 e. The Hall–Kier alpha value is -2.63. The number of carbonyl (C=O) groups excluding carboxylic acids is 2. The summed E-state index contributed by atoms with van der Waals surface area (Å²) in [5, 5.41) is 5.45. The van der Waals surface area contributed by atoms with Gasteiger partial charge in [0.2, 0.25) is 0 Å². The van der Waals surface area contributed by atoms with Crippen LogP contribution in [0.5, 0.6) is 0 Å². The molecule has 2 aromatic rings. The van der Waals surface area contributed by atoms with Crippen LogP contribution in [0, 0.1) is 0 Å². The first kappa shape index (κ1) is 20.1. The third-order valence-electron chi connectivity index (χ3n) is 4.86. The highest BCUT2D eigenvalue weighted by molar-refractivity contribution is 6.32. The molecular formula is C22H24ClN3O2. The summed E-state index contributed by atoms with van der Waals surface area (Å²) in [5.41, 5.74) is 7.02. The minimum atomic E-state index is -0.703. The number of benzene rings is 2. The van der Waals surface area contributed by atoms with Crippen molar-refractivity contribution in [1.82, 2.24) is 15.8 Å². The average Bonchev–Trinajstić information content (AvgIpc) is 2.68. The number of rotatable bonds is 6. The van der Waals surface area contributed by atoms with Gasteiger partial charge in [-0.3, -0.25) is 9.59 Å². The predicted octanol–water partition coefficient (Wildman–Crippen LogP) is 3.86. The molecule has 1 heterocycles. The molecule has 5 nitrogen and oxygen atoms in total. The highest BCUT2D eigenvalue weighted by Crippen LogP contribution is 2.35. The molecule has 0 fully saturated rings. The van der Waals surface area contributed by atoms with Gasteiger partial charge in [-0.05, 0) is 36.6 Å². The quantitative estimate of drug-likeness (QED) is 0.777. The molecule has 0 unspecified atom stereocenters. The lowest BCUT2D eigenvalue weighted by molar-refractivity contribution is -0.124. The molecule has 0 aromatic heterocycles. The minimum Gasteiger partial charge on any atom is -0.338 e. The molecule has 1 aliphatic heterocycles. The Bertz CT molecular complexity index is 925. The number of nitrogens with one attached hydrogen (secondary N) is 2. The second-order valence-electron chi connectivity index (χ2n) is 6.75. The first-order valence-electron chi connectivity index (χ1n) is 9.30. The Labute approximate surface area is 170 Å². The lowest BCUT2D eigenvalue weighted by Crippen LogP contribution is -2.41. The predicted molar refractivity (Wildman–Crippen MR) is 111 cm³/mol. The zero-order valence-corrected chi connectivity index (χ0v) is 17.0. The largest absolute Gasteiger partial charge is 0.338 e. The monoisotopic (exact) mass is 397 g/mol. The first-order chi connectivity index (χ1) is 13.4. The SMILES string of the molecule is CCNN1Cc2c(Cl)cccc2C(C(=O)N[C@H](C(C)=O)c2ccccc2)=C1C. The second kappa shape index (κ2) is 8.59. The Kier molecular flexibility index (Phi) is 6.17. The molecule has 0 aliphatic carbocycles. The molecule has 1 aliphatic rings. The van der Waals surface area contributed by atoms with Gasteiger partial charge in [0.15, 0.2) is 5.78 Å². The summed E-state index contributed by atoms with van der Waals surface area (Å²) in [6.07, 6.45) is 0. The van der Waals surface area contributed by atoms with Gasteiger partial charge in [-0.25, -0.2) is 5.43 Å². The van der Waals surface area contributed by atoms with Crippen molar-refractivity contribution >= 4 is 28.9 Å². The molecule has 0 radical (unpaired) electrons. The number of allylic oxidation sites excluding steroid dienone is 1. The van der Waals surface area contributed by atoms with Crippen molar-refractivity contribution in [3.8, 4) is 0 Å². The molecule has 0 spiro atoms. The molecule has 6 heteroatoms. The summed E-state index contributed by atoms with van der Waals surface area (Å²) in [7, 11) is 0. The average molecular weight is 398 g/mol. The Balaban J connectivity index is 2.01.